The zero-order chi connectivity index (χ0) is 22.6. The first kappa shape index (κ1) is 23.2. The lowest BCUT2D eigenvalue weighted by atomic mass is 10.1. The lowest BCUT2D eigenvalue weighted by molar-refractivity contribution is -0.135. The van der Waals surface area contributed by atoms with Gasteiger partial charge in [-0.2, -0.15) is 0 Å². The van der Waals surface area contributed by atoms with Crippen molar-refractivity contribution < 1.29 is 27.9 Å². The van der Waals surface area contributed by atoms with Crippen molar-refractivity contribution in [2.75, 3.05) is 45.7 Å². The number of aliphatic hydroxyl groups is 1. The minimum Gasteiger partial charge on any atom is -0.452 e. The minimum absolute atomic E-state index is 0.0251. The summed E-state index contributed by atoms with van der Waals surface area (Å²) in [5, 5.41) is 13.9. The number of hydrogen-bond donors (Lipinski definition) is 2. The van der Waals surface area contributed by atoms with Crippen LogP contribution < -0.4 is 5.32 Å². The van der Waals surface area contributed by atoms with Crippen molar-refractivity contribution in [3.63, 3.8) is 0 Å². The van der Waals surface area contributed by atoms with Crippen LogP contribution in [0.25, 0.3) is 0 Å². The number of esters is 1. The maximum Gasteiger partial charge on any atom is 0.340 e. The molecule has 0 spiro atoms. The molecule has 3 rings (SSSR count). The van der Waals surface area contributed by atoms with Crippen molar-refractivity contribution in [3.05, 3.63) is 45.6 Å². The van der Waals surface area contributed by atoms with Gasteiger partial charge in [0.25, 0.3) is 5.91 Å². The highest BCUT2D eigenvalue weighted by Crippen LogP contribution is 2.25. The van der Waals surface area contributed by atoms with Crippen molar-refractivity contribution in [2.24, 2.45) is 0 Å². The maximum absolute atomic E-state index is 12.7. The number of amides is 1. The number of benzene rings is 1. The van der Waals surface area contributed by atoms with Crippen LogP contribution in [-0.2, 0) is 32.5 Å². The predicted molar refractivity (Wildman–Crippen MR) is 117 cm³/mol. The highest BCUT2D eigenvalue weighted by atomic mass is 32.2. The number of fused-ring (bicyclic) bond motifs is 1. The van der Waals surface area contributed by atoms with Gasteiger partial charge in [0.05, 0.1) is 17.1 Å². The standard InChI is InChI=1S/C20H25N3O6S2/c1-22(2)31(27,28)15-3-4-17(21-7-9-24)16(11-15)20(26)29-13-19(25)23-8-5-18-14(12-23)6-10-30-18/h3-4,6,10-11,21,24H,5,7-9,12-13H2,1-2H3. The molecule has 1 aromatic heterocycles. The number of carbonyl (C=O) groups excluding carboxylic acids is 2. The van der Waals surface area contributed by atoms with Crippen LogP contribution in [0.2, 0.25) is 0 Å². The summed E-state index contributed by atoms with van der Waals surface area (Å²) in [6.45, 7) is 0.585. The molecule has 0 unspecified atom stereocenters. The molecule has 0 fully saturated rings. The zero-order valence-electron chi connectivity index (χ0n) is 17.3. The van der Waals surface area contributed by atoms with Crippen LogP contribution in [0.3, 0.4) is 0 Å². The predicted octanol–water partition coefficient (Wildman–Crippen LogP) is 1.14. The van der Waals surface area contributed by atoms with Crippen LogP contribution in [0.1, 0.15) is 20.8 Å². The first-order valence-corrected chi connectivity index (χ1v) is 12.0. The van der Waals surface area contributed by atoms with Gasteiger partial charge in [-0.3, -0.25) is 4.79 Å². The van der Waals surface area contributed by atoms with Crippen molar-refractivity contribution in [3.8, 4) is 0 Å². The Labute approximate surface area is 185 Å². The summed E-state index contributed by atoms with van der Waals surface area (Å²) in [5.41, 5.74) is 1.39. The molecule has 0 radical (unpaired) electrons. The Kier molecular flexibility index (Phi) is 7.31. The van der Waals surface area contributed by atoms with Crippen molar-refractivity contribution in [2.45, 2.75) is 17.9 Å². The fraction of sp³-hybridized carbons (Fsp3) is 0.400. The number of carbonyl (C=O) groups is 2. The number of aliphatic hydroxyl groups excluding tert-OH is 1. The SMILES string of the molecule is CN(C)S(=O)(=O)c1ccc(NCCO)c(C(=O)OCC(=O)N2CCc3sccc3C2)c1. The van der Waals surface area contributed by atoms with Crippen molar-refractivity contribution >= 4 is 38.9 Å². The summed E-state index contributed by atoms with van der Waals surface area (Å²) in [7, 11) is -0.987. The van der Waals surface area contributed by atoms with Gasteiger partial charge in [-0.25, -0.2) is 17.5 Å². The van der Waals surface area contributed by atoms with Gasteiger partial charge >= 0.3 is 5.97 Å². The van der Waals surface area contributed by atoms with Crippen molar-refractivity contribution in [1.82, 2.24) is 9.21 Å². The van der Waals surface area contributed by atoms with Gasteiger partial charge in [-0.1, -0.05) is 0 Å². The summed E-state index contributed by atoms with van der Waals surface area (Å²) in [6, 6.07) is 6.00. The normalized spacial score (nSPS) is 13.7. The van der Waals surface area contributed by atoms with Crippen LogP contribution in [-0.4, -0.2) is 75.0 Å². The summed E-state index contributed by atoms with van der Waals surface area (Å²) in [4.78, 5) is 28.1. The topological polar surface area (TPSA) is 116 Å². The Morgan fingerprint density at radius 2 is 2.06 bits per heavy atom. The third-order valence-corrected chi connectivity index (χ3v) is 7.74. The molecule has 0 atom stereocenters. The molecule has 2 N–H and O–H groups in total. The molecule has 168 valence electrons. The number of anilines is 1. The zero-order valence-corrected chi connectivity index (χ0v) is 19.0. The van der Waals surface area contributed by atoms with Gasteiger partial charge in [-0.05, 0) is 41.6 Å². The molecule has 0 bridgehead atoms. The molecule has 2 heterocycles. The molecule has 0 saturated carbocycles. The molecule has 1 aliphatic rings. The van der Waals surface area contributed by atoms with Crippen molar-refractivity contribution in [1.29, 1.82) is 0 Å². The molecule has 11 heteroatoms. The molecule has 31 heavy (non-hydrogen) atoms. The van der Waals surface area contributed by atoms with E-state index in [-0.39, 0.29) is 29.5 Å². The lowest BCUT2D eigenvalue weighted by Crippen LogP contribution is -2.38. The quantitative estimate of drug-likeness (QED) is 0.560. The summed E-state index contributed by atoms with van der Waals surface area (Å²) in [5.74, 6) is -1.13. The Hall–Kier alpha value is -2.47. The number of nitrogens with one attached hydrogen (secondary N) is 1. The second kappa shape index (κ2) is 9.77. The molecule has 1 amide bonds. The van der Waals surface area contributed by atoms with E-state index < -0.39 is 22.6 Å². The summed E-state index contributed by atoms with van der Waals surface area (Å²) in [6.07, 6.45) is 0.770. The maximum atomic E-state index is 12.7. The largest absolute Gasteiger partial charge is 0.452 e. The number of ether oxygens (including phenoxy) is 1. The summed E-state index contributed by atoms with van der Waals surface area (Å²) < 4.78 is 31.1. The molecule has 1 aromatic carbocycles. The summed E-state index contributed by atoms with van der Waals surface area (Å²) >= 11 is 1.67. The highest BCUT2D eigenvalue weighted by Gasteiger charge is 2.25. The van der Waals surface area contributed by atoms with E-state index in [9.17, 15) is 18.0 Å². The number of rotatable bonds is 8. The van der Waals surface area contributed by atoms with E-state index in [0.29, 0.717) is 18.8 Å². The van der Waals surface area contributed by atoms with Crippen LogP contribution in [0.5, 0.6) is 0 Å². The van der Waals surface area contributed by atoms with Gasteiger partial charge < -0.3 is 20.1 Å². The van der Waals surface area contributed by atoms with E-state index in [4.69, 9.17) is 9.84 Å². The smallest absolute Gasteiger partial charge is 0.340 e. The highest BCUT2D eigenvalue weighted by molar-refractivity contribution is 7.89. The lowest BCUT2D eigenvalue weighted by Gasteiger charge is -2.26. The minimum atomic E-state index is -3.77. The number of thiophene rings is 1. The van der Waals surface area contributed by atoms with Gasteiger partial charge in [0.15, 0.2) is 6.61 Å². The monoisotopic (exact) mass is 467 g/mol. The van der Waals surface area contributed by atoms with E-state index in [0.717, 1.165) is 16.3 Å². The van der Waals surface area contributed by atoms with Gasteiger partial charge in [-0.15, -0.1) is 11.3 Å². The fourth-order valence-electron chi connectivity index (χ4n) is 3.17. The third kappa shape index (κ3) is 5.24. The first-order valence-electron chi connectivity index (χ1n) is 9.65. The Balaban J connectivity index is 1.74. The number of sulfonamides is 1. The molecule has 1 aliphatic heterocycles. The van der Waals surface area contributed by atoms with E-state index in [1.807, 2.05) is 11.4 Å². The molecule has 0 aliphatic carbocycles. The number of hydrogen-bond acceptors (Lipinski definition) is 8. The fourth-order valence-corrected chi connectivity index (χ4v) is 4.98. The van der Waals surface area contributed by atoms with E-state index in [1.54, 1.807) is 16.2 Å². The molecule has 2 aromatic rings. The molecule has 0 saturated heterocycles. The van der Waals surface area contributed by atoms with Crippen LogP contribution in [0.15, 0.2) is 34.5 Å². The Morgan fingerprint density at radius 3 is 2.77 bits per heavy atom. The molecule has 9 nitrogen and oxygen atoms in total. The van der Waals surface area contributed by atoms with Gasteiger partial charge in [0, 0.05) is 44.3 Å². The van der Waals surface area contributed by atoms with Crippen LogP contribution >= 0.6 is 11.3 Å². The van der Waals surface area contributed by atoms with E-state index in [1.165, 1.54) is 37.2 Å². The molecular weight excluding hydrogens is 442 g/mol. The van der Waals surface area contributed by atoms with Gasteiger partial charge in [0.1, 0.15) is 0 Å². The Morgan fingerprint density at radius 1 is 1.29 bits per heavy atom. The number of nitrogens with zero attached hydrogens (tertiary/aromatic N) is 2. The first-order chi connectivity index (χ1) is 14.7. The van der Waals surface area contributed by atoms with E-state index in [2.05, 4.69) is 5.32 Å². The average Bonchev–Trinajstić information content (AvgIpc) is 3.23. The third-order valence-electron chi connectivity index (χ3n) is 4.90. The second-order valence-corrected chi connectivity index (χ2v) is 10.3. The van der Waals surface area contributed by atoms with Crippen LogP contribution in [0, 0.1) is 0 Å². The Bertz CT molecular complexity index is 1060. The van der Waals surface area contributed by atoms with E-state index >= 15 is 0 Å². The van der Waals surface area contributed by atoms with Crippen LogP contribution in [0.4, 0.5) is 5.69 Å². The molecular formula is C20H25N3O6S2. The average molecular weight is 468 g/mol. The second-order valence-electron chi connectivity index (χ2n) is 7.16. The van der Waals surface area contributed by atoms with Gasteiger partial charge in [0.2, 0.25) is 10.0 Å².